The fourth-order valence-corrected chi connectivity index (χ4v) is 3.33. The predicted octanol–water partition coefficient (Wildman–Crippen LogP) is 3.83. The van der Waals surface area contributed by atoms with Gasteiger partial charge in [-0.15, -0.1) is 0 Å². The molecule has 1 aliphatic heterocycles. The molecular formula is C22H36N2O6. The van der Waals surface area contributed by atoms with Crippen LogP contribution in [0.3, 0.4) is 0 Å². The number of nitriles is 1. The predicted molar refractivity (Wildman–Crippen MR) is 110 cm³/mol. The summed E-state index contributed by atoms with van der Waals surface area (Å²) in [6, 6.07) is 1.21. The Balaban J connectivity index is 3.10. The Morgan fingerprint density at radius 1 is 0.833 bits per heavy atom. The quantitative estimate of drug-likeness (QED) is 0.499. The van der Waals surface area contributed by atoms with Crippen LogP contribution in [0.25, 0.3) is 0 Å². The highest BCUT2D eigenvalue weighted by Crippen LogP contribution is 2.36. The molecule has 0 N–H and O–H groups in total. The van der Waals surface area contributed by atoms with Crippen LogP contribution in [0.1, 0.15) is 75.2 Å². The highest BCUT2D eigenvalue weighted by Gasteiger charge is 2.47. The number of amides is 1. The summed E-state index contributed by atoms with van der Waals surface area (Å²) in [6.07, 6.45) is -0.736. The lowest BCUT2D eigenvalue weighted by atomic mass is 9.86. The maximum Gasteiger partial charge on any atom is 0.411 e. The zero-order chi connectivity index (χ0) is 23.5. The lowest BCUT2D eigenvalue weighted by Gasteiger charge is -2.27. The SMILES string of the molecule is CC(C)(C)OC(=O)C[C@H]1CN(C(=O)OC(C)(C)C)[C@@H](C#N)[C@H]1CC(=O)OC(C)(C)C. The summed E-state index contributed by atoms with van der Waals surface area (Å²) in [4.78, 5) is 38.8. The van der Waals surface area contributed by atoms with Crippen molar-refractivity contribution in [3.8, 4) is 6.07 Å². The number of nitrogens with zero attached hydrogens (tertiary/aromatic N) is 2. The highest BCUT2D eigenvalue weighted by atomic mass is 16.6. The second-order valence-electron chi connectivity index (χ2n) is 10.7. The first-order valence-electron chi connectivity index (χ1n) is 10.2. The topological polar surface area (TPSA) is 106 Å². The first kappa shape index (κ1) is 25.7. The third-order valence-corrected chi connectivity index (χ3v) is 4.21. The van der Waals surface area contributed by atoms with Gasteiger partial charge in [-0.25, -0.2) is 4.79 Å². The van der Waals surface area contributed by atoms with Gasteiger partial charge in [0.05, 0.1) is 18.9 Å². The van der Waals surface area contributed by atoms with Crippen LogP contribution in [-0.2, 0) is 23.8 Å². The van der Waals surface area contributed by atoms with Gasteiger partial charge in [-0.1, -0.05) is 0 Å². The van der Waals surface area contributed by atoms with Crippen LogP contribution < -0.4 is 0 Å². The van der Waals surface area contributed by atoms with Crippen molar-refractivity contribution >= 4 is 18.0 Å². The summed E-state index contributed by atoms with van der Waals surface area (Å²) >= 11 is 0. The average molecular weight is 425 g/mol. The first-order chi connectivity index (χ1) is 13.4. The Bertz CT molecular complexity index is 690. The van der Waals surface area contributed by atoms with Gasteiger partial charge in [0.25, 0.3) is 0 Å². The molecule has 3 atom stereocenters. The second kappa shape index (κ2) is 9.23. The molecule has 0 saturated carbocycles. The summed E-state index contributed by atoms with van der Waals surface area (Å²) in [7, 11) is 0. The van der Waals surface area contributed by atoms with E-state index in [0.717, 1.165) is 0 Å². The Kier molecular flexibility index (Phi) is 7.92. The number of carbonyl (C=O) groups excluding carboxylic acids is 3. The van der Waals surface area contributed by atoms with E-state index in [0.29, 0.717) is 0 Å². The van der Waals surface area contributed by atoms with Crippen molar-refractivity contribution in [1.29, 1.82) is 5.26 Å². The molecule has 1 amide bonds. The van der Waals surface area contributed by atoms with Crippen molar-refractivity contribution in [2.45, 2.75) is 98.0 Å². The molecule has 1 heterocycles. The van der Waals surface area contributed by atoms with Crippen molar-refractivity contribution in [2.75, 3.05) is 6.54 Å². The minimum Gasteiger partial charge on any atom is -0.460 e. The molecule has 1 saturated heterocycles. The number of carbonyl (C=O) groups is 3. The fourth-order valence-electron chi connectivity index (χ4n) is 3.33. The summed E-state index contributed by atoms with van der Waals surface area (Å²) in [5.41, 5.74) is -2.07. The summed E-state index contributed by atoms with van der Waals surface area (Å²) in [5.74, 6) is -1.91. The molecule has 1 aliphatic rings. The van der Waals surface area contributed by atoms with Gasteiger partial charge in [-0.3, -0.25) is 14.5 Å². The lowest BCUT2D eigenvalue weighted by molar-refractivity contribution is -0.159. The van der Waals surface area contributed by atoms with Gasteiger partial charge in [-0.2, -0.15) is 5.26 Å². The van der Waals surface area contributed by atoms with Gasteiger partial charge in [0.1, 0.15) is 22.8 Å². The Hall–Kier alpha value is -2.30. The van der Waals surface area contributed by atoms with Crippen LogP contribution >= 0.6 is 0 Å². The van der Waals surface area contributed by atoms with Crippen LogP contribution in [0.4, 0.5) is 4.79 Å². The summed E-state index contributed by atoms with van der Waals surface area (Å²) in [5, 5.41) is 9.77. The third-order valence-electron chi connectivity index (χ3n) is 4.21. The molecule has 8 heteroatoms. The van der Waals surface area contributed by atoms with Gasteiger partial charge in [0.15, 0.2) is 0 Å². The zero-order valence-corrected chi connectivity index (χ0v) is 19.7. The molecule has 170 valence electrons. The molecular weight excluding hydrogens is 388 g/mol. The van der Waals surface area contributed by atoms with Crippen molar-refractivity contribution in [3.63, 3.8) is 0 Å². The molecule has 1 fully saturated rings. The summed E-state index contributed by atoms with van der Waals surface area (Å²) in [6.45, 7) is 15.9. The monoisotopic (exact) mass is 424 g/mol. The molecule has 0 radical (unpaired) electrons. The Labute approximate surface area is 179 Å². The minimum atomic E-state index is -0.903. The normalized spacial score (nSPS) is 22.3. The van der Waals surface area contributed by atoms with E-state index in [9.17, 15) is 19.6 Å². The smallest absolute Gasteiger partial charge is 0.411 e. The number of hydrogen-bond acceptors (Lipinski definition) is 7. The fraction of sp³-hybridized carbons (Fsp3) is 0.818. The first-order valence-corrected chi connectivity index (χ1v) is 10.2. The number of esters is 2. The van der Waals surface area contributed by atoms with E-state index in [2.05, 4.69) is 6.07 Å². The van der Waals surface area contributed by atoms with Crippen LogP contribution in [0, 0.1) is 23.2 Å². The molecule has 0 aromatic carbocycles. The molecule has 0 aromatic heterocycles. The largest absolute Gasteiger partial charge is 0.460 e. The molecule has 0 spiro atoms. The van der Waals surface area contributed by atoms with E-state index in [1.165, 1.54) is 4.90 Å². The Morgan fingerprint density at radius 3 is 1.67 bits per heavy atom. The highest BCUT2D eigenvalue weighted by molar-refractivity contribution is 5.74. The number of likely N-dealkylation sites (tertiary alicyclic amines) is 1. The van der Waals surface area contributed by atoms with Crippen molar-refractivity contribution in [2.24, 2.45) is 11.8 Å². The van der Waals surface area contributed by atoms with E-state index < -0.39 is 52.7 Å². The molecule has 30 heavy (non-hydrogen) atoms. The van der Waals surface area contributed by atoms with Crippen LogP contribution in [0.15, 0.2) is 0 Å². The number of rotatable bonds is 4. The molecule has 0 bridgehead atoms. The van der Waals surface area contributed by atoms with Gasteiger partial charge in [0, 0.05) is 12.5 Å². The van der Waals surface area contributed by atoms with E-state index in [4.69, 9.17) is 14.2 Å². The van der Waals surface area contributed by atoms with Crippen molar-refractivity contribution in [1.82, 2.24) is 4.90 Å². The lowest BCUT2D eigenvalue weighted by Crippen LogP contribution is -2.41. The van der Waals surface area contributed by atoms with E-state index >= 15 is 0 Å². The molecule has 0 unspecified atom stereocenters. The maximum atomic E-state index is 12.7. The van der Waals surface area contributed by atoms with Gasteiger partial charge < -0.3 is 14.2 Å². The van der Waals surface area contributed by atoms with Crippen LogP contribution in [0.5, 0.6) is 0 Å². The van der Waals surface area contributed by atoms with E-state index in [-0.39, 0.29) is 19.4 Å². The van der Waals surface area contributed by atoms with Gasteiger partial charge >= 0.3 is 18.0 Å². The van der Waals surface area contributed by atoms with Gasteiger partial charge in [-0.05, 0) is 68.2 Å². The molecule has 8 nitrogen and oxygen atoms in total. The van der Waals surface area contributed by atoms with E-state index in [1.807, 2.05) is 0 Å². The molecule has 1 rings (SSSR count). The van der Waals surface area contributed by atoms with E-state index in [1.54, 1.807) is 62.3 Å². The second-order valence-corrected chi connectivity index (χ2v) is 10.7. The van der Waals surface area contributed by atoms with Crippen molar-refractivity contribution < 1.29 is 28.6 Å². The molecule has 0 aliphatic carbocycles. The third kappa shape index (κ3) is 8.60. The van der Waals surface area contributed by atoms with Crippen LogP contribution in [-0.4, -0.2) is 52.3 Å². The molecule has 0 aromatic rings. The standard InChI is InChI=1S/C22H36N2O6/c1-20(2,3)28-17(25)10-14-13-24(19(27)30-22(7,8)9)16(12-23)15(14)11-18(26)29-21(4,5)6/h14-16H,10-11,13H2,1-9H3/t14-,15-,16-/m0/s1. The van der Waals surface area contributed by atoms with Crippen LogP contribution in [0.2, 0.25) is 0 Å². The minimum absolute atomic E-state index is 0.0117. The Morgan fingerprint density at radius 2 is 1.27 bits per heavy atom. The average Bonchev–Trinajstić information content (AvgIpc) is 2.79. The number of ether oxygens (including phenoxy) is 3. The maximum absolute atomic E-state index is 12.7. The van der Waals surface area contributed by atoms with Crippen molar-refractivity contribution in [3.05, 3.63) is 0 Å². The van der Waals surface area contributed by atoms with Gasteiger partial charge in [0.2, 0.25) is 0 Å². The summed E-state index contributed by atoms with van der Waals surface area (Å²) < 4.78 is 16.2. The zero-order valence-electron chi connectivity index (χ0n) is 19.7. The number of hydrogen-bond donors (Lipinski definition) is 0.